The monoisotopic (exact) mass is 216 g/mol. The number of carbonyl (C=O) groups excluding carboxylic acids is 1. The Morgan fingerprint density at radius 3 is 2.50 bits per heavy atom. The van der Waals surface area contributed by atoms with Crippen molar-refractivity contribution in [1.82, 2.24) is 5.32 Å². The summed E-state index contributed by atoms with van der Waals surface area (Å²) in [5.74, 6) is -0.268. The van der Waals surface area contributed by atoms with Gasteiger partial charge in [-0.2, -0.15) is 0 Å². The van der Waals surface area contributed by atoms with Gasteiger partial charge in [0, 0.05) is 0 Å². The van der Waals surface area contributed by atoms with Crippen LogP contribution in [0.5, 0.6) is 0 Å². The number of hydrogen-bond donors (Lipinski definition) is 2. The van der Waals surface area contributed by atoms with Gasteiger partial charge in [-0.05, 0) is 5.56 Å². The summed E-state index contributed by atoms with van der Waals surface area (Å²) in [6, 6.07) is 9.14. The zero-order chi connectivity index (χ0) is 9.68. The number of rotatable bonds is 3. The molecule has 0 spiro atoms. The van der Waals surface area contributed by atoms with Crippen molar-refractivity contribution < 1.29 is 10.3 Å². The third-order valence-corrected chi connectivity index (χ3v) is 2.05. The highest BCUT2D eigenvalue weighted by Gasteiger charge is 2.15. The Balaban J connectivity index is 0.00000169. The van der Waals surface area contributed by atoms with E-state index in [1.54, 1.807) is 12.1 Å². The fourth-order valence-corrected chi connectivity index (χ4v) is 1.19. The number of amides is 1. The molecule has 0 heterocycles. The highest BCUT2D eigenvalue weighted by Crippen LogP contribution is 2.19. The van der Waals surface area contributed by atoms with E-state index in [0.717, 1.165) is 5.56 Å². The van der Waals surface area contributed by atoms with Gasteiger partial charge in [-0.3, -0.25) is 4.79 Å². The van der Waals surface area contributed by atoms with Gasteiger partial charge in [0.1, 0.15) is 5.38 Å². The lowest BCUT2D eigenvalue weighted by Crippen LogP contribution is -2.31. The van der Waals surface area contributed by atoms with Crippen molar-refractivity contribution in [2.75, 3.05) is 6.67 Å². The Morgan fingerprint density at radius 2 is 2.00 bits per heavy atom. The van der Waals surface area contributed by atoms with Gasteiger partial charge in [-0.1, -0.05) is 30.3 Å². The van der Waals surface area contributed by atoms with Gasteiger partial charge < -0.3 is 16.5 Å². The average molecular weight is 217 g/mol. The number of nitrogens with two attached hydrogens (primary N) is 1. The first-order valence-corrected chi connectivity index (χ1v) is 4.36. The summed E-state index contributed by atoms with van der Waals surface area (Å²) < 4.78 is 0. The Hall–Kier alpha value is -1.10. The molecular formula is C9H13ClN2O2. The molecule has 1 atom stereocenters. The Morgan fingerprint density at radius 1 is 1.43 bits per heavy atom. The number of hydrogen-bond acceptors (Lipinski definition) is 2. The molecule has 14 heavy (non-hydrogen) atoms. The highest BCUT2D eigenvalue weighted by atomic mass is 35.5. The van der Waals surface area contributed by atoms with E-state index in [4.69, 9.17) is 17.3 Å². The van der Waals surface area contributed by atoms with Gasteiger partial charge >= 0.3 is 0 Å². The minimum absolute atomic E-state index is 0. The molecule has 0 radical (unpaired) electrons. The van der Waals surface area contributed by atoms with Crippen molar-refractivity contribution >= 4 is 17.5 Å². The van der Waals surface area contributed by atoms with E-state index >= 15 is 0 Å². The van der Waals surface area contributed by atoms with E-state index in [-0.39, 0.29) is 18.1 Å². The van der Waals surface area contributed by atoms with Crippen LogP contribution in [-0.4, -0.2) is 18.1 Å². The van der Waals surface area contributed by atoms with Crippen LogP contribution in [0.2, 0.25) is 0 Å². The van der Waals surface area contributed by atoms with Crippen LogP contribution in [0.15, 0.2) is 30.3 Å². The van der Waals surface area contributed by atoms with Crippen molar-refractivity contribution in [3.8, 4) is 0 Å². The van der Waals surface area contributed by atoms with E-state index in [0.29, 0.717) is 0 Å². The first kappa shape index (κ1) is 12.9. The van der Waals surface area contributed by atoms with Gasteiger partial charge in [0.25, 0.3) is 0 Å². The van der Waals surface area contributed by atoms with Crippen LogP contribution in [0.4, 0.5) is 0 Å². The van der Waals surface area contributed by atoms with Gasteiger partial charge in [0.15, 0.2) is 0 Å². The van der Waals surface area contributed by atoms with E-state index in [1.807, 2.05) is 18.2 Å². The molecule has 1 aromatic rings. The van der Waals surface area contributed by atoms with Crippen LogP contribution >= 0.6 is 11.6 Å². The summed E-state index contributed by atoms with van der Waals surface area (Å²) in [7, 11) is 0. The van der Waals surface area contributed by atoms with E-state index < -0.39 is 5.38 Å². The summed E-state index contributed by atoms with van der Waals surface area (Å²) in [5.41, 5.74) is 5.93. The average Bonchev–Trinajstić information content (AvgIpc) is 2.18. The summed E-state index contributed by atoms with van der Waals surface area (Å²) in [5, 5.41) is 1.79. The largest absolute Gasteiger partial charge is 0.412 e. The van der Waals surface area contributed by atoms with E-state index in [2.05, 4.69) is 5.32 Å². The minimum Gasteiger partial charge on any atom is -0.412 e. The maximum atomic E-state index is 11.2. The molecule has 5 heteroatoms. The topological polar surface area (TPSA) is 86.6 Å². The summed E-state index contributed by atoms with van der Waals surface area (Å²) in [6.07, 6.45) is 0. The summed E-state index contributed by atoms with van der Waals surface area (Å²) in [6.45, 7) is 0.106. The molecule has 1 aromatic carbocycles. The number of halogens is 1. The fraction of sp³-hybridized carbons (Fsp3) is 0.222. The molecule has 0 bridgehead atoms. The fourth-order valence-electron chi connectivity index (χ4n) is 0.964. The molecule has 0 aromatic heterocycles. The molecule has 1 amide bonds. The second-order valence-corrected chi connectivity index (χ2v) is 2.95. The lowest BCUT2D eigenvalue weighted by atomic mass is 10.1. The normalized spacial score (nSPS) is 11.3. The van der Waals surface area contributed by atoms with Crippen LogP contribution in [-0.2, 0) is 4.79 Å². The molecule has 0 aliphatic rings. The molecule has 0 saturated carbocycles. The molecule has 78 valence electrons. The molecule has 1 unspecified atom stereocenters. The molecule has 4 nitrogen and oxygen atoms in total. The second kappa shape index (κ2) is 6.37. The lowest BCUT2D eigenvalue weighted by Gasteiger charge is -2.08. The molecular weight excluding hydrogens is 204 g/mol. The molecule has 5 N–H and O–H groups in total. The van der Waals surface area contributed by atoms with Crippen molar-refractivity contribution in [2.24, 2.45) is 5.73 Å². The molecule has 0 saturated heterocycles. The first-order chi connectivity index (χ1) is 6.25. The smallest absolute Gasteiger partial charge is 0.243 e. The molecule has 0 aliphatic carbocycles. The summed E-state index contributed by atoms with van der Waals surface area (Å²) >= 11 is 5.87. The lowest BCUT2D eigenvalue weighted by molar-refractivity contribution is -0.120. The van der Waals surface area contributed by atoms with Crippen molar-refractivity contribution in [2.45, 2.75) is 5.38 Å². The molecule has 0 fully saturated rings. The van der Waals surface area contributed by atoms with Gasteiger partial charge in [0.2, 0.25) is 5.91 Å². The molecule has 1 rings (SSSR count). The predicted molar refractivity (Wildman–Crippen MR) is 55.8 cm³/mol. The molecule has 0 aliphatic heterocycles. The minimum atomic E-state index is -0.662. The maximum absolute atomic E-state index is 11.2. The zero-order valence-electron chi connectivity index (χ0n) is 7.53. The Labute approximate surface area is 87.4 Å². The van der Waals surface area contributed by atoms with Gasteiger partial charge in [-0.25, -0.2) is 0 Å². The maximum Gasteiger partial charge on any atom is 0.243 e. The summed E-state index contributed by atoms with van der Waals surface area (Å²) in [4.78, 5) is 11.2. The number of alkyl halides is 1. The van der Waals surface area contributed by atoms with Gasteiger partial charge in [0.05, 0.1) is 6.67 Å². The Kier molecular flexibility index (Phi) is 5.87. The standard InChI is InChI=1S/C9H11ClN2O.H2O/c10-8(9(13)12-6-11)7-4-2-1-3-5-7;/h1-5,8H,6,11H2,(H,12,13);1H2. The second-order valence-electron chi connectivity index (χ2n) is 2.52. The predicted octanol–water partition coefficient (Wildman–Crippen LogP) is 0.174. The third-order valence-electron chi connectivity index (χ3n) is 1.60. The van der Waals surface area contributed by atoms with Crippen LogP contribution in [0.3, 0.4) is 0 Å². The first-order valence-electron chi connectivity index (χ1n) is 3.92. The van der Waals surface area contributed by atoms with Crippen molar-refractivity contribution in [3.63, 3.8) is 0 Å². The third kappa shape index (κ3) is 3.33. The van der Waals surface area contributed by atoms with Crippen LogP contribution in [0.1, 0.15) is 10.9 Å². The quantitative estimate of drug-likeness (QED) is 0.558. The number of benzene rings is 1. The number of carbonyl (C=O) groups is 1. The van der Waals surface area contributed by atoms with Crippen LogP contribution in [0, 0.1) is 0 Å². The van der Waals surface area contributed by atoms with E-state index in [9.17, 15) is 4.79 Å². The van der Waals surface area contributed by atoms with Crippen LogP contribution < -0.4 is 11.1 Å². The van der Waals surface area contributed by atoms with E-state index in [1.165, 1.54) is 0 Å². The van der Waals surface area contributed by atoms with Crippen molar-refractivity contribution in [1.29, 1.82) is 0 Å². The Bertz CT molecular complexity index is 279. The SMILES string of the molecule is NCNC(=O)C(Cl)c1ccccc1.O. The zero-order valence-corrected chi connectivity index (χ0v) is 8.29. The number of nitrogens with one attached hydrogen (secondary N) is 1. The van der Waals surface area contributed by atoms with Crippen LogP contribution in [0.25, 0.3) is 0 Å². The van der Waals surface area contributed by atoms with Gasteiger partial charge in [-0.15, -0.1) is 11.6 Å². The van der Waals surface area contributed by atoms with Crippen molar-refractivity contribution in [3.05, 3.63) is 35.9 Å². The highest BCUT2D eigenvalue weighted by molar-refractivity contribution is 6.30.